The number of carbonyl (C=O) groups is 1. The van der Waals surface area contributed by atoms with E-state index in [1.807, 2.05) is 31.6 Å². The van der Waals surface area contributed by atoms with Gasteiger partial charge in [-0.05, 0) is 45.9 Å². The maximum atomic E-state index is 15.1. The predicted octanol–water partition coefficient (Wildman–Crippen LogP) is 3.64. The second-order valence-corrected chi connectivity index (χ2v) is 10.7. The summed E-state index contributed by atoms with van der Waals surface area (Å²) < 4.78 is 22.8. The monoisotopic (exact) mass is 544 g/mol. The number of halogens is 1. The van der Waals surface area contributed by atoms with Crippen LogP contribution < -0.4 is 10.1 Å². The van der Waals surface area contributed by atoms with Crippen LogP contribution in [0.4, 0.5) is 16.0 Å². The van der Waals surface area contributed by atoms with E-state index in [4.69, 9.17) is 4.74 Å². The van der Waals surface area contributed by atoms with Gasteiger partial charge in [-0.3, -0.25) is 9.48 Å². The number of nitrogens with zero attached hydrogens (tertiary/aromatic N) is 9. The van der Waals surface area contributed by atoms with Crippen LogP contribution in [0.15, 0.2) is 47.1 Å². The molecule has 0 aliphatic carbocycles. The van der Waals surface area contributed by atoms with E-state index in [9.17, 15) is 10.1 Å². The number of hydrogen-bond donors (Lipinski definition) is 1. The number of carbonyl (C=O) groups excluding carboxylic acids is 1. The number of amides is 1. The molecule has 0 saturated carbocycles. The molecule has 206 valence electrons. The largest absolute Gasteiger partial charge is 0.486 e. The Morgan fingerprint density at radius 3 is 2.75 bits per heavy atom. The van der Waals surface area contributed by atoms with Gasteiger partial charge in [-0.1, -0.05) is 0 Å². The molecular formula is C27H29FN10O2. The lowest BCUT2D eigenvalue weighted by Gasteiger charge is -2.34. The van der Waals surface area contributed by atoms with Gasteiger partial charge in [0.05, 0.1) is 29.5 Å². The summed E-state index contributed by atoms with van der Waals surface area (Å²) in [7, 11) is 0. The molecule has 1 N–H and O–H groups in total. The van der Waals surface area contributed by atoms with Crippen LogP contribution in [-0.2, 0) is 10.3 Å². The van der Waals surface area contributed by atoms with Crippen molar-refractivity contribution in [1.82, 2.24) is 29.6 Å². The van der Waals surface area contributed by atoms with Gasteiger partial charge in [-0.15, -0.1) is 5.10 Å². The second kappa shape index (κ2) is 10.8. The van der Waals surface area contributed by atoms with Gasteiger partial charge in [0, 0.05) is 36.9 Å². The molecule has 0 radical (unpaired) electrons. The van der Waals surface area contributed by atoms with Crippen LogP contribution in [0.1, 0.15) is 46.1 Å². The average molecular weight is 545 g/mol. The summed E-state index contributed by atoms with van der Waals surface area (Å²) in [5, 5.41) is 25.1. The van der Waals surface area contributed by atoms with Gasteiger partial charge in [0.25, 0.3) is 5.91 Å². The summed E-state index contributed by atoms with van der Waals surface area (Å²) in [6, 6.07) is 7.02. The quantitative estimate of drug-likeness (QED) is 0.495. The Morgan fingerprint density at radius 1 is 1.25 bits per heavy atom. The maximum Gasteiger partial charge on any atom is 0.270 e. The Kier molecular flexibility index (Phi) is 7.25. The Labute approximate surface area is 230 Å². The SMILES string of the molecule is CC1=NN=C(C(=O)N2CC[C@H](Oc3ccc(-c4ncnc(Nc5cnn(C(C)(C)C)c5)n4)cc3C#N)[C@H](F)C2)C1. The number of nitriles is 1. The first kappa shape index (κ1) is 26.9. The number of likely N-dealkylation sites (tertiary alicyclic amines) is 1. The number of anilines is 2. The number of aromatic nitrogens is 5. The van der Waals surface area contributed by atoms with Crippen molar-refractivity contribution in [3.05, 3.63) is 42.5 Å². The van der Waals surface area contributed by atoms with E-state index >= 15 is 4.39 Å². The molecule has 13 heteroatoms. The highest BCUT2D eigenvalue weighted by atomic mass is 19.1. The predicted molar refractivity (Wildman–Crippen MR) is 146 cm³/mol. The van der Waals surface area contributed by atoms with Crippen molar-refractivity contribution in [3.63, 3.8) is 0 Å². The van der Waals surface area contributed by atoms with Gasteiger partial charge in [-0.25, -0.2) is 14.4 Å². The first-order valence-electron chi connectivity index (χ1n) is 12.9. The number of alkyl halides is 1. The van der Waals surface area contributed by atoms with Crippen molar-refractivity contribution < 1.29 is 13.9 Å². The molecule has 1 fully saturated rings. The summed E-state index contributed by atoms with van der Waals surface area (Å²) in [6.07, 6.45) is 3.36. The van der Waals surface area contributed by atoms with Crippen LogP contribution >= 0.6 is 0 Å². The molecule has 1 amide bonds. The summed E-state index contributed by atoms with van der Waals surface area (Å²) >= 11 is 0. The normalized spacial score (nSPS) is 19.1. The molecule has 2 aromatic heterocycles. The van der Waals surface area contributed by atoms with E-state index in [0.29, 0.717) is 36.0 Å². The number of rotatable bonds is 6. The van der Waals surface area contributed by atoms with Crippen LogP contribution in [0.5, 0.6) is 5.75 Å². The highest BCUT2D eigenvalue weighted by Gasteiger charge is 2.35. The van der Waals surface area contributed by atoms with Crippen molar-refractivity contribution >= 4 is 29.0 Å². The van der Waals surface area contributed by atoms with E-state index in [0.717, 1.165) is 11.4 Å². The summed E-state index contributed by atoms with van der Waals surface area (Å²) in [4.78, 5) is 27.0. The zero-order chi connectivity index (χ0) is 28.4. The van der Waals surface area contributed by atoms with Crippen molar-refractivity contribution in [2.45, 2.75) is 58.4 Å². The molecular weight excluding hydrogens is 515 g/mol. The number of nitrogens with one attached hydrogen (secondary N) is 1. The summed E-state index contributed by atoms with van der Waals surface area (Å²) in [6.45, 7) is 8.14. The van der Waals surface area contributed by atoms with Gasteiger partial charge in [-0.2, -0.15) is 20.4 Å². The Balaban J connectivity index is 1.25. The number of hydrogen-bond acceptors (Lipinski definition) is 10. The fourth-order valence-corrected chi connectivity index (χ4v) is 4.36. The minimum Gasteiger partial charge on any atom is -0.486 e. The van der Waals surface area contributed by atoms with Crippen LogP contribution in [0.2, 0.25) is 0 Å². The molecule has 0 unspecified atom stereocenters. The van der Waals surface area contributed by atoms with Gasteiger partial charge >= 0.3 is 0 Å². The molecule has 2 aliphatic heterocycles. The van der Waals surface area contributed by atoms with Crippen LogP contribution in [0, 0.1) is 11.3 Å². The third-order valence-corrected chi connectivity index (χ3v) is 6.51. The first-order valence-corrected chi connectivity index (χ1v) is 12.9. The Hall–Kier alpha value is -4.73. The number of benzene rings is 1. The summed E-state index contributed by atoms with van der Waals surface area (Å²) in [5.41, 5.74) is 2.43. The van der Waals surface area contributed by atoms with E-state index < -0.39 is 12.3 Å². The molecule has 0 bridgehead atoms. The number of ether oxygens (including phenoxy) is 1. The minimum absolute atomic E-state index is 0.114. The van der Waals surface area contributed by atoms with Crippen molar-refractivity contribution in [2.24, 2.45) is 10.2 Å². The standard InChI is InChI=1S/C27H29FN10O2/c1-16-9-21(36-35-16)25(39)37-8-7-23(20(28)14-37)40-22-6-5-17(10-18(22)11-29)24-30-15-31-26(34-24)33-19-12-32-38(13-19)27(2,3)4/h5-6,10,12-13,15,20,23H,7-9,14H2,1-4H3,(H,30,31,33,34)/t20-,23+/m1/s1. The van der Waals surface area contributed by atoms with E-state index in [-0.39, 0.29) is 35.7 Å². The van der Waals surface area contributed by atoms with Gasteiger partial charge in [0.15, 0.2) is 12.0 Å². The van der Waals surface area contributed by atoms with Crippen LogP contribution in [0.25, 0.3) is 11.4 Å². The molecule has 0 spiro atoms. The van der Waals surface area contributed by atoms with E-state index in [1.165, 1.54) is 11.2 Å². The number of piperidine rings is 1. The van der Waals surface area contributed by atoms with Crippen molar-refractivity contribution in [2.75, 3.05) is 18.4 Å². The Morgan fingerprint density at radius 2 is 2.08 bits per heavy atom. The third kappa shape index (κ3) is 5.80. The van der Waals surface area contributed by atoms with Crippen LogP contribution in [-0.4, -0.2) is 72.3 Å². The molecule has 1 aromatic carbocycles. The van der Waals surface area contributed by atoms with Crippen molar-refractivity contribution in [1.29, 1.82) is 5.26 Å². The lowest BCUT2D eigenvalue weighted by atomic mass is 10.0. The molecule has 40 heavy (non-hydrogen) atoms. The lowest BCUT2D eigenvalue weighted by molar-refractivity contribution is -0.127. The smallest absolute Gasteiger partial charge is 0.270 e. The second-order valence-electron chi connectivity index (χ2n) is 10.7. The maximum absolute atomic E-state index is 15.1. The summed E-state index contributed by atoms with van der Waals surface area (Å²) in [5.74, 6) is 0.625. The molecule has 3 aromatic rings. The fourth-order valence-electron chi connectivity index (χ4n) is 4.36. The molecule has 2 atom stereocenters. The first-order chi connectivity index (χ1) is 19.1. The average Bonchev–Trinajstić information content (AvgIpc) is 3.59. The Bertz CT molecular complexity index is 1530. The van der Waals surface area contributed by atoms with Crippen LogP contribution in [0.3, 0.4) is 0 Å². The van der Waals surface area contributed by atoms with Crippen molar-refractivity contribution in [3.8, 4) is 23.2 Å². The van der Waals surface area contributed by atoms with Gasteiger partial charge in [0.1, 0.15) is 30.0 Å². The third-order valence-electron chi connectivity index (χ3n) is 6.51. The van der Waals surface area contributed by atoms with Gasteiger partial charge in [0.2, 0.25) is 5.95 Å². The van der Waals surface area contributed by atoms with E-state index in [1.54, 1.807) is 31.3 Å². The molecule has 4 heterocycles. The molecule has 1 saturated heterocycles. The van der Waals surface area contributed by atoms with Gasteiger partial charge < -0.3 is 15.0 Å². The highest BCUT2D eigenvalue weighted by Crippen LogP contribution is 2.29. The molecule has 2 aliphatic rings. The van der Waals surface area contributed by atoms with E-state index in [2.05, 4.69) is 41.6 Å². The lowest BCUT2D eigenvalue weighted by Crippen LogP contribution is -2.51. The highest BCUT2D eigenvalue weighted by molar-refractivity contribution is 6.43. The zero-order valence-electron chi connectivity index (χ0n) is 22.7. The topological polar surface area (TPSA) is 147 Å². The minimum atomic E-state index is -1.42. The fraction of sp³-hybridized carbons (Fsp3) is 0.407. The molecule has 12 nitrogen and oxygen atoms in total. The zero-order valence-corrected chi connectivity index (χ0v) is 22.7. The molecule has 5 rings (SSSR count).